The van der Waals surface area contributed by atoms with Crippen molar-refractivity contribution in [3.8, 4) is 5.69 Å². The van der Waals surface area contributed by atoms with E-state index in [1.54, 1.807) is 17.9 Å². The van der Waals surface area contributed by atoms with Crippen LogP contribution in [0.15, 0.2) is 65.8 Å². The molecular formula is C22H23ClN4O3S. The topological polar surface area (TPSA) is 75.5 Å². The number of hydrogen-bond acceptors (Lipinski definition) is 4. The summed E-state index contributed by atoms with van der Waals surface area (Å²) in [6.07, 6.45) is 5.25. The number of halogens is 1. The molecule has 0 N–H and O–H groups in total. The van der Waals surface area contributed by atoms with Gasteiger partial charge in [0.25, 0.3) is 5.91 Å². The van der Waals surface area contributed by atoms with E-state index in [0.717, 1.165) is 24.1 Å². The first-order valence-corrected chi connectivity index (χ1v) is 11.8. The van der Waals surface area contributed by atoms with Gasteiger partial charge in [0, 0.05) is 38.4 Å². The average Bonchev–Trinajstić information content (AvgIpc) is 3.47. The second-order valence-electron chi connectivity index (χ2n) is 7.54. The number of nitrogens with zero attached hydrogens (tertiary/aromatic N) is 4. The number of carbonyl (C=O) groups excluding carboxylic acids is 1. The third-order valence-electron chi connectivity index (χ3n) is 5.29. The van der Waals surface area contributed by atoms with Crippen molar-refractivity contribution in [1.29, 1.82) is 0 Å². The molecule has 0 radical (unpaired) electrons. The van der Waals surface area contributed by atoms with Crippen LogP contribution in [0.1, 0.15) is 28.8 Å². The van der Waals surface area contributed by atoms with Gasteiger partial charge < -0.3 is 4.90 Å². The van der Waals surface area contributed by atoms with Crippen molar-refractivity contribution in [2.45, 2.75) is 24.3 Å². The van der Waals surface area contributed by atoms with Gasteiger partial charge in [0.2, 0.25) is 10.0 Å². The van der Waals surface area contributed by atoms with Crippen LogP contribution < -0.4 is 0 Å². The zero-order chi connectivity index (χ0) is 22.0. The van der Waals surface area contributed by atoms with E-state index in [0.29, 0.717) is 19.6 Å². The summed E-state index contributed by atoms with van der Waals surface area (Å²) >= 11 is 6.26. The van der Waals surface area contributed by atoms with Crippen molar-refractivity contribution in [2.24, 2.45) is 0 Å². The van der Waals surface area contributed by atoms with Crippen molar-refractivity contribution >= 4 is 27.5 Å². The van der Waals surface area contributed by atoms with E-state index >= 15 is 0 Å². The van der Waals surface area contributed by atoms with Crippen LogP contribution in [0.3, 0.4) is 0 Å². The minimum Gasteiger partial charge on any atom is -0.337 e. The summed E-state index contributed by atoms with van der Waals surface area (Å²) < 4.78 is 28.9. The molecule has 0 saturated carbocycles. The van der Waals surface area contributed by atoms with Gasteiger partial charge in [0.05, 0.1) is 27.4 Å². The molecule has 0 bridgehead atoms. The molecule has 2 heterocycles. The molecule has 1 aliphatic rings. The van der Waals surface area contributed by atoms with E-state index in [2.05, 4.69) is 5.10 Å². The normalized spacial score (nSPS) is 14.6. The molecule has 162 valence electrons. The van der Waals surface area contributed by atoms with E-state index < -0.39 is 10.0 Å². The molecule has 1 saturated heterocycles. The van der Waals surface area contributed by atoms with Gasteiger partial charge in [-0.25, -0.2) is 13.1 Å². The maximum Gasteiger partial charge on any atom is 0.255 e. The van der Waals surface area contributed by atoms with Crippen molar-refractivity contribution in [1.82, 2.24) is 19.0 Å². The van der Waals surface area contributed by atoms with Crippen LogP contribution in [0.25, 0.3) is 5.69 Å². The highest BCUT2D eigenvalue weighted by molar-refractivity contribution is 7.89. The number of benzene rings is 2. The Labute approximate surface area is 186 Å². The largest absolute Gasteiger partial charge is 0.337 e. The molecule has 1 fully saturated rings. The second kappa shape index (κ2) is 8.82. The number of carbonyl (C=O) groups is 1. The van der Waals surface area contributed by atoms with Gasteiger partial charge >= 0.3 is 0 Å². The van der Waals surface area contributed by atoms with Gasteiger partial charge in [0.1, 0.15) is 0 Å². The highest BCUT2D eigenvalue weighted by Gasteiger charge is 2.28. The van der Waals surface area contributed by atoms with Gasteiger partial charge in [-0.05, 0) is 43.2 Å². The zero-order valence-electron chi connectivity index (χ0n) is 17.1. The lowest BCUT2D eigenvalue weighted by Crippen LogP contribution is -2.29. The number of sulfonamides is 1. The Hall–Kier alpha value is -2.68. The van der Waals surface area contributed by atoms with Gasteiger partial charge in [-0.3, -0.25) is 4.79 Å². The Morgan fingerprint density at radius 3 is 2.55 bits per heavy atom. The first-order valence-electron chi connectivity index (χ1n) is 10.0. The van der Waals surface area contributed by atoms with Crippen LogP contribution in [0, 0.1) is 0 Å². The molecule has 4 rings (SSSR count). The summed E-state index contributed by atoms with van der Waals surface area (Å²) in [5, 5.41) is 4.57. The standard InChI is InChI=1S/C22H23ClN4O3S/c1-25(15-17-14-24-27(16-17)18-7-3-2-4-8-18)22(28)20-13-19(9-10-21(20)23)31(29,30)26-11-5-6-12-26/h2-4,7-10,13-14,16H,5-6,11-12,15H2,1H3. The molecule has 0 atom stereocenters. The molecule has 1 aliphatic heterocycles. The molecular weight excluding hydrogens is 436 g/mol. The van der Waals surface area contributed by atoms with Crippen LogP contribution in [0.4, 0.5) is 0 Å². The van der Waals surface area contributed by atoms with Crippen LogP contribution in [-0.2, 0) is 16.6 Å². The van der Waals surface area contributed by atoms with E-state index in [9.17, 15) is 13.2 Å². The Morgan fingerprint density at radius 1 is 1.13 bits per heavy atom. The lowest BCUT2D eigenvalue weighted by molar-refractivity contribution is 0.0785. The minimum atomic E-state index is -3.63. The summed E-state index contributed by atoms with van der Waals surface area (Å²) in [6.45, 7) is 1.31. The molecule has 0 spiro atoms. The number of para-hydroxylation sites is 1. The van der Waals surface area contributed by atoms with E-state index in [4.69, 9.17) is 11.6 Å². The fourth-order valence-electron chi connectivity index (χ4n) is 3.62. The number of rotatable bonds is 6. The maximum atomic E-state index is 13.1. The fourth-order valence-corrected chi connectivity index (χ4v) is 5.36. The summed E-state index contributed by atoms with van der Waals surface area (Å²) in [7, 11) is -1.98. The van der Waals surface area contributed by atoms with Crippen LogP contribution in [0.5, 0.6) is 0 Å². The summed E-state index contributed by atoms with van der Waals surface area (Å²) in [4.78, 5) is 14.6. The molecule has 31 heavy (non-hydrogen) atoms. The maximum absolute atomic E-state index is 13.1. The van der Waals surface area contributed by atoms with Gasteiger partial charge in [-0.1, -0.05) is 29.8 Å². The number of aromatic nitrogens is 2. The van der Waals surface area contributed by atoms with Gasteiger partial charge in [-0.2, -0.15) is 9.40 Å². The quantitative estimate of drug-likeness (QED) is 0.565. The molecule has 0 unspecified atom stereocenters. The first kappa shape index (κ1) is 21.5. The first-order chi connectivity index (χ1) is 14.9. The smallest absolute Gasteiger partial charge is 0.255 e. The lowest BCUT2D eigenvalue weighted by atomic mass is 10.2. The third kappa shape index (κ3) is 4.51. The Balaban J connectivity index is 1.53. The molecule has 2 aromatic carbocycles. The van der Waals surface area contributed by atoms with Gasteiger partial charge in [-0.15, -0.1) is 0 Å². The van der Waals surface area contributed by atoms with Crippen molar-refractivity contribution in [3.63, 3.8) is 0 Å². The average molecular weight is 459 g/mol. The molecule has 9 heteroatoms. The minimum absolute atomic E-state index is 0.0902. The van der Waals surface area contributed by atoms with E-state index in [1.165, 1.54) is 27.4 Å². The van der Waals surface area contributed by atoms with Crippen LogP contribution in [-0.4, -0.2) is 53.4 Å². The SMILES string of the molecule is CN(Cc1cnn(-c2ccccc2)c1)C(=O)c1cc(S(=O)(=O)N2CCCC2)ccc1Cl. The Morgan fingerprint density at radius 2 is 1.84 bits per heavy atom. The Kier molecular flexibility index (Phi) is 6.13. The molecule has 1 amide bonds. The van der Waals surface area contributed by atoms with Crippen molar-refractivity contribution in [3.05, 3.63) is 77.1 Å². The molecule has 3 aromatic rings. The molecule has 1 aromatic heterocycles. The monoisotopic (exact) mass is 458 g/mol. The summed E-state index contributed by atoms with van der Waals surface area (Å²) in [5.74, 6) is -0.351. The molecule has 7 nitrogen and oxygen atoms in total. The number of hydrogen-bond donors (Lipinski definition) is 0. The fraction of sp³-hybridized carbons (Fsp3) is 0.273. The Bertz CT molecular complexity index is 1190. The predicted octanol–water partition coefficient (Wildman–Crippen LogP) is 3.58. The highest BCUT2D eigenvalue weighted by atomic mass is 35.5. The predicted molar refractivity (Wildman–Crippen MR) is 119 cm³/mol. The van der Waals surface area contributed by atoms with Crippen molar-refractivity contribution < 1.29 is 13.2 Å². The summed E-state index contributed by atoms with van der Waals surface area (Å²) in [6, 6.07) is 14.0. The van der Waals surface area contributed by atoms with E-state index in [-0.39, 0.29) is 21.4 Å². The van der Waals surface area contributed by atoms with Crippen molar-refractivity contribution in [2.75, 3.05) is 20.1 Å². The third-order valence-corrected chi connectivity index (χ3v) is 7.52. The van der Waals surface area contributed by atoms with Crippen LogP contribution >= 0.6 is 11.6 Å². The second-order valence-corrected chi connectivity index (χ2v) is 9.89. The zero-order valence-corrected chi connectivity index (χ0v) is 18.7. The lowest BCUT2D eigenvalue weighted by Gasteiger charge is -2.19. The van der Waals surface area contributed by atoms with Crippen LogP contribution in [0.2, 0.25) is 5.02 Å². The van der Waals surface area contributed by atoms with E-state index in [1.807, 2.05) is 36.5 Å². The number of amides is 1. The summed E-state index contributed by atoms with van der Waals surface area (Å²) in [5.41, 5.74) is 1.93. The highest BCUT2D eigenvalue weighted by Crippen LogP contribution is 2.26. The van der Waals surface area contributed by atoms with Gasteiger partial charge in [0.15, 0.2) is 0 Å². The molecule has 0 aliphatic carbocycles.